The molecule has 0 aliphatic rings. The van der Waals surface area contributed by atoms with Gasteiger partial charge in [0.15, 0.2) is 0 Å². The Morgan fingerprint density at radius 2 is 1.62 bits per heavy atom. The number of para-hydroxylation sites is 1. The van der Waals surface area contributed by atoms with E-state index >= 15 is 0 Å². The lowest BCUT2D eigenvalue weighted by Crippen LogP contribution is -2.36. The van der Waals surface area contributed by atoms with Crippen LogP contribution in [0.2, 0.25) is 0 Å². The van der Waals surface area contributed by atoms with E-state index in [0.717, 1.165) is 5.56 Å². The number of benzene rings is 2. The normalized spacial score (nSPS) is 12.7. The Morgan fingerprint density at radius 1 is 0.962 bits per heavy atom. The van der Waals surface area contributed by atoms with Crippen LogP contribution >= 0.6 is 0 Å². The molecule has 2 aromatic carbocycles. The molecule has 26 heavy (non-hydrogen) atoms. The predicted molar refractivity (Wildman–Crippen MR) is 105 cm³/mol. The zero-order valence-corrected chi connectivity index (χ0v) is 16.6. The maximum atomic E-state index is 12.8. The van der Waals surface area contributed by atoms with E-state index in [2.05, 4.69) is 10.0 Å². The lowest BCUT2D eigenvalue weighted by Gasteiger charge is -2.18. The predicted octanol–water partition coefficient (Wildman–Crippen LogP) is 3.88. The molecule has 0 bridgehead atoms. The van der Waals surface area contributed by atoms with E-state index in [1.165, 1.54) is 6.07 Å². The van der Waals surface area contributed by atoms with Crippen LogP contribution in [0.5, 0.6) is 0 Å². The fourth-order valence-electron chi connectivity index (χ4n) is 2.37. The molecule has 0 aromatic heterocycles. The molecule has 0 aliphatic carbocycles. The molecule has 0 saturated heterocycles. The van der Waals surface area contributed by atoms with Crippen LogP contribution in [0.4, 0.5) is 5.69 Å². The Morgan fingerprint density at radius 3 is 2.23 bits per heavy atom. The van der Waals surface area contributed by atoms with Crippen LogP contribution in [0.15, 0.2) is 47.4 Å². The van der Waals surface area contributed by atoms with Crippen molar-refractivity contribution in [3.05, 3.63) is 59.2 Å². The van der Waals surface area contributed by atoms with Crippen LogP contribution in [0.3, 0.4) is 0 Å². The summed E-state index contributed by atoms with van der Waals surface area (Å²) in [7, 11) is -3.80. The number of nitrogens with one attached hydrogen (secondary N) is 2. The molecule has 6 heteroatoms. The van der Waals surface area contributed by atoms with Gasteiger partial charge in [0.05, 0.1) is 10.6 Å². The van der Waals surface area contributed by atoms with E-state index in [0.29, 0.717) is 16.8 Å². The Hall–Kier alpha value is -2.34. The summed E-state index contributed by atoms with van der Waals surface area (Å²) < 4.78 is 28.3. The largest absolute Gasteiger partial charge is 0.349 e. The third kappa shape index (κ3) is 4.64. The molecule has 2 aromatic rings. The highest BCUT2D eigenvalue weighted by molar-refractivity contribution is 7.92. The van der Waals surface area contributed by atoms with Crippen LogP contribution in [0, 0.1) is 19.8 Å². The van der Waals surface area contributed by atoms with Gasteiger partial charge in [0.1, 0.15) is 0 Å². The topological polar surface area (TPSA) is 75.3 Å². The maximum absolute atomic E-state index is 12.8. The highest BCUT2D eigenvalue weighted by Gasteiger charge is 2.21. The first-order valence-corrected chi connectivity index (χ1v) is 10.1. The molecule has 0 heterocycles. The highest BCUT2D eigenvalue weighted by Crippen LogP contribution is 2.23. The van der Waals surface area contributed by atoms with Gasteiger partial charge in [0.2, 0.25) is 0 Å². The van der Waals surface area contributed by atoms with Gasteiger partial charge in [-0.2, -0.15) is 0 Å². The maximum Gasteiger partial charge on any atom is 0.262 e. The van der Waals surface area contributed by atoms with Gasteiger partial charge in [-0.1, -0.05) is 38.1 Å². The van der Waals surface area contributed by atoms with Crippen LogP contribution in [0.1, 0.15) is 42.3 Å². The molecular weight excluding hydrogens is 348 g/mol. The first-order chi connectivity index (χ1) is 12.1. The quantitative estimate of drug-likeness (QED) is 0.806. The Kier molecular flexibility index (Phi) is 6.08. The van der Waals surface area contributed by atoms with Crippen LogP contribution in [-0.4, -0.2) is 20.4 Å². The average molecular weight is 375 g/mol. The fraction of sp³-hybridized carbons (Fsp3) is 0.350. The zero-order chi connectivity index (χ0) is 19.5. The van der Waals surface area contributed by atoms with Crippen molar-refractivity contribution in [2.75, 3.05) is 4.72 Å². The summed E-state index contributed by atoms with van der Waals surface area (Å²) in [6.45, 7) is 9.51. The number of carbonyl (C=O) groups excluding carboxylic acids is 1. The van der Waals surface area contributed by atoms with E-state index in [9.17, 15) is 13.2 Å². The van der Waals surface area contributed by atoms with Crippen molar-refractivity contribution in [2.24, 2.45) is 5.92 Å². The van der Waals surface area contributed by atoms with Crippen molar-refractivity contribution < 1.29 is 13.2 Å². The van der Waals surface area contributed by atoms with E-state index in [-0.39, 0.29) is 22.8 Å². The van der Waals surface area contributed by atoms with Crippen molar-refractivity contribution in [1.29, 1.82) is 0 Å². The molecule has 0 spiro atoms. The molecule has 1 amide bonds. The van der Waals surface area contributed by atoms with Gasteiger partial charge in [-0.3, -0.25) is 9.52 Å². The number of anilines is 1. The standard InChI is InChI=1S/C20H26N2O3S/c1-13(2)16(5)21-20(23)17-11-10-15(4)19(12-17)26(24,25)22-18-9-7-6-8-14(18)3/h6-13,16,22H,1-5H3,(H,21,23)/t16-/m1/s1. The number of hydrogen-bond donors (Lipinski definition) is 2. The highest BCUT2D eigenvalue weighted by atomic mass is 32.2. The van der Waals surface area contributed by atoms with Gasteiger partial charge in [0.25, 0.3) is 15.9 Å². The number of sulfonamides is 1. The van der Waals surface area contributed by atoms with Crippen LogP contribution < -0.4 is 10.0 Å². The lowest BCUT2D eigenvalue weighted by atomic mass is 10.1. The fourth-order valence-corrected chi connectivity index (χ4v) is 3.78. The third-order valence-electron chi connectivity index (χ3n) is 4.49. The summed E-state index contributed by atoms with van der Waals surface area (Å²) in [5.74, 6) is 0.00821. The molecule has 0 radical (unpaired) electrons. The third-order valence-corrected chi connectivity index (χ3v) is 6.00. The summed E-state index contributed by atoms with van der Waals surface area (Å²) in [5, 5.41) is 2.90. The minimum atomic E-state index is -3.80. The van der Waals surface area contributed by atoms with Gasteiger partial charge in [0, 0.05) is 11.6 Å². The Labute approximate surface area is 155 Å². The number of aryl methyl sites for hydroxylation is 2. The van der Waals surface area contributed by atoms with Crippen molar-refractivity contribution in [1.82, 2.24) is 5.32 Å². The van der Waals surface area contributed by atoms with Gasteiger partial charge in [-0.05, 0) is 56.0 Å². The van der Waals surface area contributed by atoms with Crippen LogP contribution in [-0.2, 0) is 10.0 Å². The molecule has 0 saturated carbocycles. The minimum Gasteiger partial charge on any atom is -0.349 e. The second kappa shape index (κ2) is 7.91. The minimum absolute atomic E-state index is 0.00560. The van der Waals surface area contributed by atoms with E-state index in [4.69, 9.17) is 0 Å². The summed E-state index contributed by atoms with van der Waals surface area (Å²) in [6.07, 6.45) is 0. The van der Waals surface area contributed by atoms with Gasteiger partial charge in [-0.15, -0.1) is 0 Å². The molecule has 0 fully saturated rings. The van der Waals surface area contributed by atoms with Gasteiger partial charge >= 0.3 is 0 Å². The van der Waals surface area contributed by atoms with E-state index < -0.39 is 10.0 Å². The zero-order valence-electron chi connectivity index (χ0n) is 15.8. The molecule has 2 rings (SSSR count). The number of rotatable bonds is 6. The van der Waals surface area contributed by atoms with Gasteiger partial charge < -0.3 is 5.32 Å². The van der Waals surface area contributed by atoms with Crippen molar-refractivity contribution >= 4 is 21.6 Å². The first kappa shape index (κ1) is 20.0. The molecular formula is C20H26N2O3S. The molecule has 5 nitrogen and oxygen atoms in total. The molecule has 0 unspecified atom stereocenters. The first-order valence-electron chi connectivity index (χ1n) is 8.62. The van der Waals surface area contributed by atoms with Gasteiger partial charge in [-0.25, -0.2) is 8.42 Å². The number of amides is 1. The molecule has 0 aliphatic heterocycles. The second-order valence-corrected chi connectivity index (χ2v) is 8.56. The van der Waals surface area contributed by atoms with E-state index in [1.807, 2.05) is 39.8 Å². The second-order valence-electron chi connectivity index (χ2n) is 6.91. The lowest BCUT2D eigenvalue weighted by molar-refractivity contribution is 0.0930. The molecule has 2 N–H and O–H groups in total. The van der Waals surface area contributed by atoms with E-state index in [1.54, 1.807) is 31.2 Å². The smallest absolute Gasteiger partial charge is 0.262 e. The molecule has 1 atom stereocenters. The number of carbonyl (C=O) groups is 1. The van der Waals surface area contributed by atoms with Crippen LogP contribution in [0.25, 0.3) is 0 Å². The Bertz CT molecular complexity index is 905. The molecule has 140 valence electrons. The summed E-state index contributed by atoms with van der Waals surface area (Å²) in [4.78, 5) is 12.5. The van der Waals surface area contributed by atoms with Crippen molar-refractivity contribution in [2.45, 2.75) is 45.6 Å². The SMILES string of the molecule is Cc1ccccc1NS(=O)(=O)c1cc(C(=O)N[C@H](C)C(C)C)ccc1C. The average Bonchev–Trinajstić information content (AvgIpc) is 2.56. The summed E-state index contributed by atoms with van der Waals surface area (Å²) in [5.41, 5.74) is 2.26. The number of hydrogen-bond acceptors (Lipinski definition) is 3. The monoisotopic (exact) mass is 374 g/mol. The van der Waals surface area contributed by atoms with Crippen molar-refractivity contribution in [3.63, 3.8) is 0 Å². The van der Waals surface area contributed by atoms with Crippen molar-refractivity contribution in [3.8, 4) is 0 Å². The summed E-state index contributed by atoms with van der Waals surface area (Å²) in [6, 6.07) is 11.9. The summed E-state index contributed by atoms with van der Waals surface area (Å²) >= 11 is 0. The Balaban J connectivity index is 2.34.